The number of para-hydroxylation sites is 2. The normalized spacial score (nSPS) is 10.7. The van der Waals surface area contributed by atoms with Gasteiger partial charge in [-0.05, 0) is 0 Å². The van der Waals surface area contributed by atoms with Crippen molar-refractivity contribution in [3.05, 3.63) is 54.7 Å². The summed E-state index contributed by atoms with van der Waals surface area (Å²) in [6, 6.07) is 16.6. The summed E-state index contributed by atoms with van der Waals surface area (Å²) in [5.74, 6) is 0.975. The third-order valence-corrected chi connectivity index (χ3v) is 5.18. The fourth-order valence-electron chi connectivity index (χ4n) is 1.95. The molecule has 1 aromatic heterocycles. The van der Waals surface area contributed by atoms with Gasteiger partial charge in [-0.2, -0.15) is 0 Å². The van der Waals surface area contributed by atoms with E-state index in [1.54, 1.807) is 7.11 Å². The number of methoxy groups -OCH3 is 1. The topological polar surface area (TPSA) is 25.0 Å². The van der Waals surface area contributed by atoms with Crippen LogP contribution in [0.1, 0.15) is 0 Å². The third kappa shape index (κ3) is 2.03. The molecule has 0 saturated carbocycles. The van der Waals surface area contributed by atoms with Gasteiger partial charge in [0.2, 0.25) is 0 Å². The number of hydrogen-bond acceptors (Lipinski definition) is 1. The molecule has 2 nitrogen and oxygen atoms in total. The summed E-state index contributed by atoms with van der Waals surface area (Å²) in [6.45, 7) is 0. The molecule has 1 N–H and O–H groups in total. The molecule has 0 saturated heterocycles. The van der Waals surface area contributed by atoms with E-state index in [9.17, 15) is 0 Å². The van der Waals surface area contributed by atoms with Gasteiger partial charge in [0.25, 0.3) is 0 Å². The first kappa shape index (κ1) is 11.4. The van der Waals surface area contributed by atoms with Crippen LogP contribution in [0.4, 0.5) is 0 Å². The van der Waals surface area contributed by atoms with Gasteiger partial charge < -0.3 is 0 Å². The second-order valence-electron chi connectivity index (χ2n) is 3.95. The van der Waals surface area contributed by atoms with Gasteiger partial charge in [0.05, 0.1) is 0 Å². The summed E-state index contributed by atoms with van der Waals surface area (Å²) in [4.78, 5) is 3.32. The SMILES string of the molecule is COc1ccccc1[Se]c1c[nH]c2ccccc12. The van der Waals surface area contributed by atoms with Crippen molar-refractivity contribution in [2.45, 2.75) is 0 Å². The summed E-state index contributed by atoms with van der Waals surface area (Å²) in [5.41, 5.74) is 1.20. The molecular formula is C15H13NOSe. The number of H-pyrrole nitrogens is 1. The number of ether oxygens (including phenoxy) is 1. The molecule has 1 heterocycles. The van der Waals surface area contributed by atoms with Crippen molar-refractivity contribution in [1.29, 1.82) is 0 Å². The zero-order valence-corrected chi connectivity index (χ0v) is 11.7. The van der Waals surface area contributed by atoms with Gasteiger partial charge in [-0.15, -0.1) is 0 Å². The monoisotopic (exact) mass is 303 g/mol. The zero-order valence-electron chi connectivity index (χ0n) is 10.0. The Morgan fingerprint density at radius 3 is 2.61 bits per heavy atom. The molecule has 0 atom stereocenters. The van der Waals surface area contributed by atoms with Crippen LogP contribution in [0.25, 0.3) is 10.9 Å². The molecule has 0 aliphatic rings. The Morgan fingerprint density at radius 1 is 0.944 bits per heavy atom. The second kappa shape index (κ2) is 4.89. The van der Waals surface area contributed by atoms with E-state index in [0.29, 0.717) is 0 Å². The van der Waals surface area contributed by atoms with E-state index in [2.05, 4.69) is 47.6 Å². The Hall–Kier alpha value is -1.70. The molecule has 18 heavy (non-hydrogen) atoms. The average molecular weight is 302 g/mol. The Balaban J connectivity index is 2.01. The third-order valence-electron chi connectivity index (χ3n) is 2.84. The van der Waals surface area contributed by atoms with E-state index in [1.165, 1.54) is 19.8 Å². The van der Waals surface area contributed by atoms with Gasteiger partial charge >= 0.3 is 112 Å². The molecule has 0 spiro atoms. The van der Waals surface area contributed by atoms with Crippen molar-refractivity contribution in [3.8, 4) is 5.75 Å². The summed E-state index contributed by atoms with van der Waals surface area (Å²) in [6.07, 6.45) is 2.11. The van der Waals surface area contributed by atoms with Crippen LogP contribution in [0.15, 0.2) is 54.7 Å². The standard InChI is InChI=1S/C15H13NOSe/c1-17-13-8-4-5-9-14(13)18-15-10-16-12-7-3-2-6-11(12)15/h2-10,16H,1H3. The van der Waals surface area contributed by atoms with Crippen LogP contribution in [0.2, 0.25) is 0 Å². The van der Waals surface area contributed by atoms with Crippen molar-refractivity contribution in [1.82, 2.24) is 4.98 Å². The van der Waals surface area contributed by atoms with Crippen LogP contribution >= 0.6 is 0 Å². The number of rotatable bonds is 3. The Bertz CT molecular complexity index is 675. The molecule has 0 fully saturated rings. The molecule has 0 bridgehead atoms. The maximum atomic E-state index is 5.41. The molecule has 3 heteroatoms. The first-order chi connectivity index (χ1) is 8.88. The second-order valence-corrected chi connectivity index (χ2v) is 6.23. The molecular weight excluding hydrogens is 289 g/mol. The first-order valence-electron chi connectivity index (χ1n) is 5.75. The first-order valence-corrected chi connectivity index (χ1v) is 7.47. The predicted octanol–water partition coefficient (Wildman–Crippen LogP) is 1.83. The van der Waals surface area contributed by atoms with Crippen LogP contribution in [0.3, 0.4) is 0 Å². The van der Waals surface area contributed by atoms with E-state index in [1.807, 2.05) is 12.1 Å². The number of nitrogens with one attached hydrogen (secondary N) is 1. The zero-order chi connectivity index (χ0) is 12.4. The molecule has 0 aliphatic carbocycles. The predicted molar refractivity (Wildman–Crippen MR) is 76.3 cm³/mol. The molecule has 2 aromatic carbocycles. The van der Waals surface area contributed by atoms with E-state index in [-0.39, 0.29) is 15.0 Å². The minimum absolute atomic E-state index is 0.256. The summed E-state index contributed by atoms with van der Waals surface area (Å²) >= 11 is 0.256. The van der Waals surface area contributed by atoms with E-state index in [4.69, 9.17) is 4.74 Å². The van der Waals surface area contributed by atoms with E-state index in [0.717, 1.165) is 5.75 Å². The van der Waals surface area contributed by atoms with Gasteiger partial charge in [0.1, 0.15) is 0 Å². The summed E-state index contributed by atoms with van der Waals surface area (Å²) < 4.78 is 8.05. The fraction of sp³-hybridized carbons (Fsp3) is 0.0667. The van der Waals surface area contributed by atoms with Crippen LogP contribution in [-0.2, 0) is 0 Å². The quantitative estimate of drug-likeness (QED) is 0.734. The van der Waals surface area contributed by atoms with Crippen LogP contribution in [0.5, 0.6) is 5.75 Å². The number of benzene rings is 2. The van der Waals surface area contributed by atoms with Crippen molar-refractivity contribution >= 4 is 34.8 Å². The van der Waals surface area contributed by atoms with Crippen molar-refractivity contribution in [3.63, 3.8) is 0 Å². The average Bonchev–Trinajstić information content (AvgIpc) is 2.83. The fourth-order valence-corrected chi connectivity index (χ4v) is 4.14. The molecule has 90 valence electrons. The van der Waals surface area contributed by atoms with Crippen LogP contribution in [-0.4, -0.2) is 27.1 Å². The maximum absolute atomic E-state index is 5.41. The van der Waals surface area contributed by atoms with Crippen LogP contribution in [0, 0.1) is 0 Å². The Labute approximate surface area is 112 Å². The van der Waals surface area contributed by atoms with Crippen LogP contribution < -0.4 is 13.7 Å². The number of aromatic nitrogens is 1. The van der Waals surface area contributed by atoms with Crippen molar-refractivity contribution in [2.24, 2.45) is 0 Å². The Morgan fingerprint density at radius 2 is 1.72 bits per heavy atom. The number of fused-ring (bicyclic) bond motifs is 1. The van der Waals surface area contributed by atoms with E-state index < -0.39 is 0 Å². The molecule has 3 aromatic rings. The minimum atomic E-state index is 0.256. The van der Waals surface area contributed by atoms with Crippen molar-refractivity contribution in [2.75, 3.05) is 7.11 Å². The molecule has 3 rings (SSSR count). The van der Waals surface area contributed by atoms with Crippen molar-refractivity contribution < 1.29 is 4.74 Å². The van der Waals surface area contributed by atoms with Gasteiger partial charge in [0.15, 0.2) is 0 Å². The summed E-state index contributed by atoms with van der Waals surface area (Å²) in [7, 11) is 1.73. The van der Waals surface area contributed by atoms with Gasteiger partial charge in [-0.1, -0.05) is 0 Å². The number of hydrogen-bond donors (Lipinski definition) is 1. The molecule has 0 radical (unpaired) electrons. The van der Waals surface area contributed by atoms with Gasteiger partial charge in [-0.3, -0.25) is 0 Å². The Kier molecular flexibility index (Phi) is 3.09. The molecule has 0 aliphatic heterocycles. The number of aromatic amines is 1. The van der Waals surface area contributed by atoms with Gasteiger partial charge in [-0.25, -0.2) is 0 Å². The summed E-state index contributed by atoms with van der Waals surface area (Å²) in [5, 5.41) is 1.31. The van der Waals surface area contributed by atoms with E-state index >= 15 is 0 Å². The molecule has 0 unspecified atom stereocenters. The molecule has 0 amide bonds. The van der Waals surface area contributed by atoms with Gasteiger partial charge in [0, 0.05) is 0 Å².